The molecule has 3 rings (SSSR count). The molecule has 0 radical (unpaired) electrons. The van der Waals surface area contributed by atoms with Gasteiger partial charge < -0.3 is 4.57 Å². The van der Waals surface area contributed by atoms with Gasteiger partial charge in [0.05, 0.1) is 21.7 Å². The quantitative estimate of drug-likeness (QED) is 0.633. The fourth-order valence-corrected chi connectivity index (χ4v) is 4.60. The molecule has 0 bridgehead atoms. The second-order valence-electron chi connectivity index (χ2n) is 4.93. The third-order valence-electron chi connectivity index (χ3n) is 3.25. The molecule has 0 amide bonds. The molecule has 0 unspecified atom stereocenters. The molecule has 0 fully saturated rings. The Morgan fingerprint density at radius 1 is 1.24 bits per heavy atom. The molecule has 0 saturated carbocycles. The number of benzene rings is 2. The highest BCUT2D eigenvalue weighted by Crippen LogP contribution is 2.23. The van der Waals surface area contributed by atoms with Crippen molar-refractivity contribution in [2.45, 2.75) is 11.4 Å². The van der Waals surface area contributed by atoms with Crippen LogP contribution >= 0.6 is 22.9 Å². The lowest BCUT2D eigenvalue weighted by Crippen LogP contribution is -2.17. The second kappa shape index (κ2) is 6.59. The Balaban J connectivity index is 2.29. The van der Waals surface area contributed by atoms with Gasteiger partial charge in [0.1, 0.15) is 5.82 Å². The molecule has 0 aliphatic carbocycles. The van der Waals surface area contributed by atoms with E-state index in [2.05, 4.69) is 10.3 Å². The summed E-state index contributed by atoms with van der Waals surface area (Å²) in [4.78, 5) is -0.124. The molecular formula is C16H9ClF2N2O2S2. The number of sulfonamides is 1. The molecule has 2 aromatic carbocycles. The standard InChI is InChI=1S/C16H9ClF2N2O2S2/c1-2-7-21-15-13(19)8-11(18)9-14(15)24-16(21)20-25(22,23)12-5-3-10(17)4-6-12/h1,3-6,8-9H,7H2. The average molecular weight is 399 g/mol. The maximum absolute atomic E-state index is 14.1. The number of hydrogen-bond acceptors (Lipinski definition) is 3. The highest BCUT2D eigenvalue weighted by molar-refractivity contribution is 7.90. The number of terminal acetylenes is 1. The van der Waals surface area contributed by atoms with Crippen molar-refractivity contribution in [2.75, 3.05) is 0 Å². The lowest BCUT2D eigenvalue weighted by Gasteiger charge is -2.02. The molecule has 0 atom stereocenters. The third-order valence-corrected chi connectivity index (χ3v) is 5.93. The molecule has 1 heterocycles. The topological polar surface area (TPSA) is 51.4 Å². The van der Waals surface area contributed by atoms with Crippen molar-refractivity contribution in [1.82, 2.24) is 4.57 Å². The van der Waals surface area contributed by atoms with E-state index in [1.165, 1.54) is 28.8 Å². The average Bonchev–Trinajstić information content (AvgIpc) is 2.85. The minimum atomic E-state index is -4.07. The zero-order chi connectivity index (χ0) is 18.2. The predicted molar refractivity (Wildman–Crippen MR) is 92.8 cm³/mol. The van der Waals surface area contributed by atoms with Gasteiger partial charge in [-0.05, 0) is 30.3 Å². The molecule has 128 valence electrons. The Morgan fingerprint density at radius 2 is 1.92 bits per heavy atom. The van der Waals surface area contributed by atoms with E-state index >= 15 is 0 Å². The molecule has 0 saturated heterocycles. The van der Waals surface area contributed by atoms with Crippen LogP contribution in [0.25, 0.3) is 10.2 Å². The van der Waals surface area contributed by atoms with Crippen LogP contribution in [0.4, 0.5) is 8.78 Å². The van der Waals surface area contributed by atoms with E-state index in [4.69, 9.17) is 18.0 Å². The smallest absolute Gasteiger partial charge is 0.285 e. The Kier molecular flexibility index (Phi) is 4.64. The maximum atomic E-state index is 14.1. The summed E-state index contributed by atoms with van der Waals surface area (Å²) >= 11 is 6.58. The Hall–Kier alpha value is -2.21. The molecule has 1 aromatic heterocycles. The van der Waals surface area contributed by atoms with Crippen LogP contribution in [0.3, 0.4) is 0 Å². The van der Waals surface area contributed by atoms with Gasteiger partial charge in [0.25, 0.3) is 10.0 Å². The summed E-state index contributed by atoms with van der Waals surface area (Å²) in [6.45, 7) is -0.114. The highest BCUT2D eigenvalue weighted by Gasteiger charge is 2.17. The van der Waals surface area contributed by atoms with Crippen molar-refractivity contribution in [3.05, 3.63) is 57.9 Å². The van der Waals surface area contributed by atoms with Crippen LogP contribution in [0.1, 0.15) is 0 Å². The number of thiazole rings is 1. The van der Waals surface area contributed by atoms with E-state index in [9.17, 15) is 17.2 Å². The zero-order valence-electron chi connectivity index (χ0n) is 12.4. The summed E-state index contributed by atoms with van der Waals surface area (Å²) in [5.41, 5.74) is 0.00871. The van der Waals surface area contributed by atoms with Gasteiger partial charge in [-0.3, -0.25) is 0 Å². The van der Waals surface area contributed by atoms with E-state index in [0.717, 1.165) is 17.4 Å². The fraction of sp³-hybridized carbons (Fsp3) is 0.0625. The van der Waals surface area contributed by atoms with Crippen LogP contribution in [0.15, 0.2) is 45.7 Å². The van der Waals surface area contributed by atoms with Gasteiger partial charge in [0, 0.05) is 11.1 Å². The van der Waals surface area contributed by atoms with Gasteiger partial charge in [-0.15, -0.1) is 10.8 Å². The maximum Gasteiger partial charge on any atom is 0.285 e. The lowest BCUT2D eigenvalue weighted by molar-refractivity contribution is 0.585. The van der Waals surface area contributed by atoms with E-state index in [-0.39, 0.29) is 26.5 Å². The number of hydrogen-bond donors (Lipinski definition) is 0. The lowest BCUT2D eigenvalue weighted by atomic mass is 10.3. The first-order valence-corrected chi connectivity index (χ1v) is 9.44. The van der Waals surface area contributed by atoms with Crippen LogP contribution in [0.2, 0.25) is 5.02 Å². The Morgan fingerprint density at radius 3 is 2.56 bits per heavy atom. The normalized spacial score (nSPS) is 12.5. The number of rotatable bonds is 3. The molecule has 25 heavy (non-hydrogen) atoms. The van der Waals surface area contributed by atoms with E-state index in [0.29, 0.717) is 11.1 Å². The van der Waals surface area contributed by atoms with E-state index in [1.807, 2.05) is 0 Å². The number of halogens is 3. The van der Waals surface area contributed by atoms with E-state index in [1.54, 1.807) is 0 Å². The molecule has 0 spiro atoms. The minimum absolute atomic E-state index is 0.00871. The summed E-state index contributed by atoms with van der Waals surface area (Å²) in [6.07, 6.45) is 5.28. The third kappa shape index (κ3) is 3.44. The molecule has 0 aliphatic heterocycles. The van der Waals surface area contributed by atoms with Gasteiger partial charge in [-0.1, -0.05) is 28.9 Å². The van der Waals surface area contributed by atoms with Gasteiger partial charge in [-0.25, -0.2) is 8.78 Å². The predicted octanol–water partition coefficient (Wildman–Crippen LogP) is 3.56. The van der Waals surface area contributed by atoms with E-state index < -0.39 is 21.7 Å². The van der Waals surface area contributed by atoms with Gasteiger partial charge in [0.2, 0.25) is 4.80 Å². The first-order valence-electron chi connectivity index (χ1n) is 6.80. The molecule has 0 aliphatic rings. The van der Waals surface area contributed by atoms with Crippen molar-refractivity contribution >= 4 is 43.2 Å². The SMILES string of the molecule is C#CCn1c(=NS(=O)(=O)c2ccc(Cl)cc2)sc2cc(F)cc(F)c21. The van der Waals surface area contributed by atoms with Crippen LogP contribution in [-0.4, -0.2) is 13.0 Å². The summed E-state index contributed by atoms with van der Waals surface area (Å²) in [6, 6.07) is 7.25. The zero-order valence-corrected chi connectivity index (χ0v) is 14.8. The minimum Gasteiger partial charge on any atom is -0.302 e. The molecule has 3 aromatic rings. The Bertz CT molecular complexity index is 1170. The van der Waals surface area contributed by atoms with Crippen LogP contribution in [0, 0.1) is 24.0 Å². The number of fused-ring (bicyclic) bond motifs is 1. The van der Waals surface area contributed by atoms with Crippen molar-refractivity contribution in [3.8, 4) is 12.3 Å². The summed E-state index contributed by atoms with van der Waals surface area (Å²) < 4.78 is 57.6. The number of nitrogens with zero attached hydrogens (tertiary/aromatic N) is 2. The largest absolute Gasteiger partial charge is 0.302 e. The van der Waals surface area contributed by atoms with Gasteiger partial charge in [0.15, 0.2) is 5.82 Å². The van der Waals surface area contributed by atoms with Gasteiger partial charge >= 0.3 is 0 Å². The van der Waals surface area contributed by atoms with Crippen molar-refractivity contribution in [2.24, 2.45) is 4.40 Å². The molecule has 0 N–H and O–H groups in total. The van der Waals surface area contributed by atoms with Gasteiger partial charge in [-0.2, -0.15) is 8.42 Å². The summed E-state index contributed by atoms with van der Waals surface area (Å²) in [5.74, 6) is 0.702. The van der Waals surface area contributed by atoms with Crippen LogP contribution in [0.5, 0.6) is 0 Å². The highest BCUT2D eigenvalue weighted by atomic mass is 35.5. The van der Waals surface area contributed by atoms with Crippen LogP contribution < -0.4 is 4.80 Å². The number of aromatic nitrogens is 1. The first-order chi connectivity index (χ1) is 11.8. The molecule has 9 heteroatoms. The second-order valence-corrected chi connectivity index (χ2v) is 7.98. The fourth-order valence-electron chi connectivity index (χ4n) is 2.20. The van der Waals surface area contributed by atoms with Crippen molar-refractivity contribution < 1.29 is 17.2 Å². The molecule has 4 nitrogen and oxygen atoms in total. The van der Waals surface area contributed by atoms with Crippen molar-refractivity contribution in [1.29, 1.82) is 0 Å². The summed E-state index contributed by atoms with van der Waals surface area (Å²) in [5, 5.41) is 0.376. The molecular weight excluding hydrogens is 390 g/mol. The first kappa shape index (κ1) is 17.6. The monoisotopic (exact) mass is 398 g/mol. The Labute approximate surface area is 151 Å². The summed E-state index contributed by atoms with van der Waals surface area (Å²) in [7, 11) is -4.07. The van der Waals surface area contributed by atoms with Crippen LogP contribution in [-0.2, 0) is 16.6 Å². The van der Waals surface area contributed by atoms with Crippen molar-refractivity contribution in [3.63, 3.8) is 0 Å².